The van der Waals surface area contributed by atoms with Gasteiger partial charge in [-0.25, -0.2) is 33.9 Å². The van der Waals surface area contributed by atoms with Gasteiger partial charge in [0, 0.05) is 39.3 Å². The maximum Gasteiger partial charge on any atom is 0.410 e. The number of aliphatic carboxylic acids is 1. The summed E-state index contributed by atoms with van der Waals surface area (Å²) in [7, 11) is 0. The van der Waals surface area contributed by atoms with Gasteiger partial charge in [0.25, 0.3) is 0 Å². The summed E-state index contributed by atoms with van der Waals surface area (Å²) in [5.74, 6) is 1.47. The molecular formula is C73H100N10O17. The topological polar surface area (TPSA) is 361 Å². The molecule has 6 aromatic rings. The number of carboxylic acid groups (broad SMARTS) is 1. The number of ketones is 1. The lowest BCUT2D eigenvalue weighted by atomic mass is 10.2. The van der Waals surface area contributed by atoms with E-state index in [2.05, 4.69) is 25.9 Å². The molecule has 100 heavy (non-hydrogen) atoms. The number of nitrogens with two attached hydrogens (primary N) is 1. The van der Waals surface area contributed by atoms with Gasteiger partial charge in [0.15, 0.2) is 0 Å². The van der Waals surface area contributed by atoms with Gasteiger partial charge in [-0.1, -0.05) is 129 Å². The van der Waals surface area contributed by atoms with Crippen molar-refractivity contribution in [2.24, 2.45) is 5.73 Å². The molecule has 27 nitrogen and oxygen atoms in total. The lowest BCUT2D eigenvalue weighted by molar-refractivity contribution is -0.141. The zero-order chi connectivity index (χ0) is 71.5. The summed E-state index contributed by atoms with van der Waals surface area (Å²) in [6.07, 6.45) is 8.78. The van der Waals surface area contributed by atoms with Crippen molar-refractivity contribution in [3.63, 3.8) is 0 Å². The van der Waals surface area contributed by atoms with Crippen LogP contribution in [0.5, 0.6) is 0 Å². The Hall–Kier alpha value is -9.70. The molecule has 7 atom stereocenters. The number of ether oxygens (including phenoxy) is 4. The minimum Gasteiger partial charge on any atom is -0.480 e. The maximum absolute atomic E-state index is 12.2. The largest absolute Gasteiger partial charge is 0.480 e. The minimum atomic E-state index is -0.968. The Morgan fingerprint density at radius 1 is 0.530 bits per heavy atom. The van der Waals surface area contributed by atoms with E-state index in [9.17, 15) is 43.5 Å². The fraction of sp³-hybridized carbons (Fsp3) is 0.479. The fourth-order valence-corrected chi connectivity index (χ4v) is 10.9. The maximum atomic E-state index is 12.2. The van der Waals surface area contributed by atoms with Gasteiger partial charge in [-0.3, -0.25) is 34.0 Å². The number of carboxylic acids is 1. The first kappa shape index (κ1) is 81.0. The molecule has 8 N–H and O–H groups in total. The average Bonchev–Trinajstić information content (AvgIpc) is 1.70. The highest BCUT2D eigenvalue weighted by atomic mass is 16.6. The van der Waals surface area contributed by atoms with Crippen LogP contribution in [-0.2, 0) is 64.6 Å². The van der Waals surface area contributed by atoms with Gasteiger partial charge in [0.1, 0.15) is 67.9 Å². The summed E-state index contributed by atoms with van der Waals surface area (Å²) >= 11 is 0. The number of Topliss-reactive ketones (excluding diaryl/α,β-unsaturated/α-hetero) is 1. The zero-order valence-corrected chi connectivity index (χ0v) is 57.1. The molecule has 544 valence electrons. The Morgan fingerprint density at radius 3 is 1.24 bits per heavy atom. The molecule has 0 radical (unpaired) electrons. The van der Waals surface area contributed by atoms with Gasteiger partial charge in [-0.2, -0.15) is 0 Å². The third-order valence-electron chi connectivity index (χ3n) is 16.0. The highest BCUT2D eigenvalue weighted by Crippen LogP contribution is 2.32. The standard InChI is InChI=1S/C16H22N2O4.C16H20N2O4.C16H18N2O3.C13H15NO4.C8H12N2O.C3H9NO.CH4/c2*1-12(19)10-17-15(20)14-8-5-9-18(14)16(21)22-11-13-6-3-2-4-7-13;1-12-10-17-15(21-12)14-8-5-9-18(14)16(19)20-11-13-6-3-2-4-7-13;15-12(16)11-7-4-8-14(11)13(17)18-9-10-5-2-1-3-6-10;1-6-5-10-8(11-6)7-3-2-4-9-7;1-3(5)2-4;/h2-4,6-7,12,14,19H,5,8-11H2,1H3,(H,17,20);2-4,6-7,14H,5,8-11H2,1H3,(H,17,20);2-4,6-7,10,14H,5,8-9,11H2,1H3;1-3,5-6,11H,4,7-9H2,(H,15,16);5,7,9H,2-4H2,1H3;3,5H,2,4H2,1H3;1H4/t12?,14-;2*14-;11-;7-;;/m00000../s1. The average molecular weight is 1390 g/mol. The molecule has 7 heterocycles. The predicted molar refractivity (Wildman–Crippen MR) is 370 cm³/mol. The molecule has 27 heteroatoms. The molecule has 2 aromatic heterocycles. The zero-order valence-electron chi connectivity index (χ0n) is 57.1. The van der Waals surface area contributed by atoms with E-state index in [1.807, 2.05) is 135 Å². The summed E-state index contributed by atoms with van der Waals surface area (Å²) in [6.45, 7) is 13.0. The van der Waals surface area contributed by atoms with E-state index in [1.54, 1.807) is 31.1 Å². The second-order valence-electron chi connectivity index (χ2n) is 24.3. The number of aliphatic hydroxyl groups is 2. The van der Waals surface area contributed by atoms with Crippen LogP contribution in [0.3, 0.4) is 0 Å². The van der Waals surface area contributed by atoms with Gasteiger partial charge in [0.2, 0.25) is 23.6 Å². The van der Waals surface area contributed by atoms with Crippen molar-refractivity contribution in [3.8, 4) is 0 Å². The predicted octanol–water partition coefficient (Wildman–Crippen LogP) is 9.48. The fourth-order valence-electron chi connectivity index (χ4n) is 10.9. The number of nitrogens with zero attached hydrogens (tertiary/aromatic N) is 6. The van der Waals surface area contributed by atoms with Crippen LogP contribution >= 0.6 is 0 Å². The van der Waals surface area contributed by atoms with Gasteiger partial charge in [-0.05, 0) is 128 Å². The lowest BCUT2D eigenvalue weighted by Gasteiger charge is -2.23. The van der Waals surface area contributed by atoms with Gasteiger partial charge < -0.3 is 64.8 Å². The normalized spacial score (nSPS) is 18.5. The van der Waals surface area contributed by atoms with Crippen LogP contribution < -0.4 is 21.7 Å². The quantitative estimate of drug-likeness (QED) is 0.0394. The van der Waals surface area contributed by atoms with Crippen LogP contribution in [0, 0.1) is 13.8 Å². The number of rotatable bonds is 18. The third kappa shape index (κ3) is 27.9. The summed E-state index contributed by atoms with van der Waals surface area (Å²) in [5.41, 5.74) is 8.59. The molecule has 6 amide bonds. The van der Waals surface area contributed by atoms with Crippen molar-refractivity contribution < 1.29 is 81.5 Å². The second kappa shape index (κ2) is 43.6. The van der Waals surface area contributed by atoms with Crippen LogP contribution in [0.1, 0.15) is 150 Å². The molecule has 0 aliphatic carbocycles. The van der Waals surface area contributed by atoms with Crippen LogP contribution in [0.15, 0.2) is 143 Å². The Morgan fingerprint density at radius 2 is 0.890 bits per heavy atom. The number of likely N-dealkylation sites (tertiary alicyclic amines) is 4. The number of hydrogen-bond donors (Lipinski definition) is 7. The molecule has 5 fully saturated rings. The molecule has 4 aromatic carbocycles. The molecule has 5 aliphatic rings. The smallest absolute Gasteiger partial charge is 0.410 e. The van der Waals surface area contributed by atoms with Gasteiger partial charge in [0.05, 0.1) is 37.2 Å². The van der Waals surface area contributed by atoms with Crippen LogP contribution in [0.25, 0.3) is 0 Å². The third-order valence-corrected chi connectivity index (χ3v) is 16.0. The molecular weight excluding hydrogens is 1290 g/mol. The number of nitrogens with one attached hydrogen (secondary N) is 3. The second-order valence-corrected chi connectivity index (χ2v) is 24.3. The number of aromatic nitrogens is 2. The Bertz CT molecular complexity index is 3410. The summed E-state index contributed by atoms with van der Waals surface area (Å²) in [4.78, 5) is 109. The molecule has 11 rings (SSSR count). The minimum absolute atomic E-state index is 0. The van der Waals surface area contributed by atoms with E-state index in [1.165, 1.54) is 28.0 Å². The highest BCUT2D eigenvalue weighted by molar-refractivity contribution is 5.90. The van der Waals surface area contributed by atoms with Gasteiger partial charge >= 0.3 is 30.3 Å². The summed E-state index contributed by atoms with van der Waals surface area (Å²) in [5, 5.41) is 34.9. The molecule has 2 unspecified atom stereocenters. The van der Waals surface area contributed by atoms with Crippen LogP contribution in [-0.4, -0.2) is 176 Å². The number of aliphatic hydroxyl groups excluding tert-OH is 2. The van der Waals surface area contributed by atoms with Crippen LogP contribution in [0.4, 0.5) is 19.2 Å². The molecule has 0 saturated carbocycles. The molecule has 0 spiro atoms. The first-order valence-corrected chi connectivity index (χ1v) is 33.5. The number of benzene rings is 4. The van der Waals surface area contributed by atoms with Crippen molar-refractivity contribution in [2.45, 2.75) is 175 Å². The molecule has 5 saturated heterocycles. The number of hydrogen-bond acceptors (Lipinski definition) is 20. The monoisotopic (exact) mass is 1390 g/mol. The molecule has 0 bridgehead atoms. The number of oxazole rings is 2. The van der Waals surface area contributed by atoms with E-state index >= 15 is 0 Å². The molecule has 5 aliphatic heterocycles. The van der Waals surface area contributed by atoms with Gasteiger partial charge in [-0.15, -0.1) is 0 Å². The van der Waals surface area contributed by atoms with E-state index < -0.39 is 48.5 Å². The Labute approximate surface area is 585 Å². The van der Waals surface area contributed by atoms with E-state index in [4.69, 9.17) is 43.7 Å². The number of carbonyl (C=O) groups excluding carboxylic acids is 7. The Balaban J connectivity index is 0.000000224. The van der Waals surface area contributed by atoms with E-state index in [0.29, 0.717) is 70.3 Å². The van der Waals surface area contributed by atoms with Crippen molar-refractivity contribution in [3.05, 3.63) is 179 Å². The SMILES string of the molecule is C.CC(=O)CNC(=O)[C@@H]1CCCN1C(=O)OCc1ccccc1.CC(O)CN.CC(O)CNC(=O)[C@@H]1CCCN1C(=O)OCc1ccccc1.Cc1cnc([C@@H]2CCCN2)o1.Cc1cnc([C@@H]2CCCN2C(=O)OCc2ccccc2)o1.O=C(O)[C@@H]1CCCN1C(=O)OCc1ccccc1. The lowest BCUT2D eigenvalue weighted by Crippen LogP contribution is -2.47. The van der Waals surface area contributed by atoms with Crippen molar-refractivity contribution in [1.82, 2.24) is 45.5 Å². The van der Waals surface area contributed by atoms with E-state index in [-0.39, 0.29) is 82.8 Å². The summed E-state index contributed by atoms with van der Waals surface area (Å²) in [6, 6.07) is 36.2. The Kier molecular flexibility index (Phi) is 35.3. The first-order valence-electron chi connectivity index (χ1n) is 33.5. The van der Waals surface area contributed by atoms with E-state index in [0.717, 1.165) is 78.3 Å². The van der Waals surface area contributed by atoms with Crippen molar-refractivity contribution in [2.75, 3.05) is 52.4 Å². The number of carbonyl (C=O) groups is 8. The van der Waals surface area contributed by atoms with Crippen molar-refractivity contribution in [1.29, 1.82) is 0 Å². The number of amides is 6. The number of aryl methyl sites for hydroxylation is 2. The first-order chi connectivity index (χ1) is 47.7. The van der Waals surface area contributed by atoms with Crippen LogP contribution in [0.2, 0.25) is 0 Å². The highest BCUT2D eigenvalue weighted by Gasteiger charge is 2.38. The van der Waals surface area contributed by atoms with Crippen molar-refractivity contribution >= 4 is 47.9 Å². The summed E-state index contributed by atoms with van der Waals surface area (Å²) < 4.78 is 32.0.